The number of anilines is 1. The van der Waals surface area contributed by atoms with Crippen molar-refractivity contribution in [2.24, 2.45) is 0 Å². The standard InChI is InChI=1S/C25H27N3O3S/c1-25(2,3)31-24(30)28-14-12-18(13-15-28)16-17-8-10-19(11-9-17)22(29)27-23-26-20-6-4-5-7-21(20)32-23/h4-11,16H,12-15H2,1-3H3,(H,26,27,29). The Hall–Kier alpha value is -3.19. The molecule has 0 atom stereocenters. The molecule has 2 heterocycles. The average molecular weight is 450 g/mol. The van der Waals surface area contributed by atoms with Crippen molar-refractivity contribution in [3.8, 4) is 0 Å². The summed E-state index contributed by atoms with van der Waals surface area (Å²) in [6.07, 6.45) is 3.53. The lowest BCUT2D eigenvalue weighted by Gasteiger charge is -2.31. The third-order valence-electron chi connectivity index (χ3n) is 5.12. The van der Waals surface area contributed by atoms with Crippen LogP contribution in [0, 0.1) is 0 Å². The van der Waals surface area contributed by atoms with Crippen molar-refractivity contribution in [1.82, 2.24) is 9.88 Å². The molecule has 0 spiro atoms. The summed E-state index contributed by atoms with van der Waals surface area (Å²) in [4.78, 5) is 31.0. The summed E-state index contributed by atoms with van der Waals surface area (Å²) in [5.41, 5.74) is 3.33. The molecule has 0 bridgehead atoms. The molecular formula is C25H27N3O3S. The summed E-state index contributed by atoms with van der Waals surface area (Å²) < 4.78 is 6.50. The number of likely N-dealkylation sites (tertiary alicyclic amines) is 1. The van der Waals surface area contributed by atoms with Crippen LogP contribution in [0.25, 0.3) is 16.3 Å². The third kappa shape index (κ3) is 5.53. The molecule has 1 aliphatic rings. The molecule has 7 heteroatoms. The number of hydrogen-bond donors (Lipinski definition) is 1. The van der Waals surface area contributed by atoms with Gasteiger partial charge in [0.25, 0.3) is 5.91 Å². The van der Waals surface area contributed by atoms with Gasteiger partial charge in [-0.05, 0) is 63.4 Å². The fourth-order valence-corrected chi connectivity index (χ4v) is 4.37. The van der Waals surface area contributed by atoms with Gasteiger partial charge in [0, 0.05) is 18.7 Å². The molecule has 1 saturated heterocycles. The first-order chi connectivity index (χ1) is 15.3. The highest BCUT2D eigenvalue weighted by Gasteiger charge is 2.24. The number of rotatable bonds is 3. The van der Waals surface area contributed by atoms with E-state index in [2.05, 4.69) is 16.4 Å². The zero-order chi connectivity index (χ0) is 22.7. The Kier molecular flexibility index (Phi) is 6.28. The highest BCUT2D eigenvalue weighted by Crippen LogP contribution is 2.26. The fraction of sp³-hybridized carbons (Fsp3) is 0.320. The van der Waals surface area contributed by atoms with E-state index in [0.29, 0.717) is 23.8 Å². The number of carbonyl (C=O) groups excluding carboxylic acids is 2. The van der Waals surface area contributed by atoms with Crippen LogP contribution in [-0.4, -0.2) is 40.6 Å². The Morgan fingerprint density at radius 2 is 1.75 bits per heavy atom. The predicted octanol–water partition coefficient (Wildman–Crippen LogP) is 5.96. The molecule has 3 aromatic rings. The molecule has 2 amide bonds. The minimum Gasteiger partial charge on any atom is -0.444 e. The molecule has 0 saturated carbocycles. The van der Waals surface area contributed by atoms with Gasteiger partial charge in [-0.15, -0.1) is 0 Å². The largest absolute Gasteiger partial charge is 0.444 e. The topological polar surface area (TPSA) is 71.5 Å². The normalized spacial score (nSPS) is 14.3. The molecule has 4 rings (SSSR count). The fourth-order valence-electron chi connectivity index (χ4n) is 3.51. The quantitative estimate of drug-likeness (QED) is 0.535. The Balaban J connectivity index is 1.34. The van der Waals surface area contributed by atoms with Gasteiger partial charge in [0.1, 0.15) is 5.60 Å². The van der Waals surface area contributed by atoms with E-state index in [1.54, 1.807) is 4.90 Å². The van der Waals surface area contributed by atoms with Gasteiger partial charge < -0.3 is 9.64 Å². The number of ether oxygens (including phenoxy) is 1. The monoisotopic (exact) mass is 449 g/mol. The zero-order valence-electron chi connectivity index (χ0n) is 18.6. The molecule has 0 radical (unpaired) electrons. The second-order valence-electron chi connectivity index (χ2n) is 8.83. The number of nitrogens with zero attached hydrogens (tertiary/aromatic N) is 2. The van der Waals surface area contributed by atoms with Gasteiger partial charge in [-0.25, -0.2) is 9.78 Å². The molecule has 0 aliphatic carbocycles. The SMILES string of the molecule is CC(C)(C)OC(=O)N1CCC(=Cc2ccc(C(=O)Nc3nc4ccccc4s3)cc2)CC1. The maximum atomic E-state index is 12.6. The molecule has 32 heavy (non-hydrogen) atoms. The molecule has 1 aromatic heterocycles. The Morgan fingerprint density at radius 1 is 1.06 bits per heavy atom. The smallest absolute Gasteiger partial charge is 0.410 e. The molecule has 1 N–H and O–H groups in total. The number of fused-ring (bicyclic) bond motifs is 1. The molecular weight excluding hydrogens is 422 g/mol. The van der Waals surface area contributed by atoms with E-state index in [0.717, 1.165) is 28.6 Å². The first-order valence-corrected chi connectivity index (χ1v) is 11.5. The van der Waals surface area contributed by atoms with Crippen LogP contribution in [0.5, 0.6) is 0 Å². The maximum absolute atomic E-state index is 12.6. The molecule has 6 nitrogen and oxygen atoms in total. The molecule has 1 aliphatic heterocycles. The van der Waals surface area contributed by atoms with Crippen LogP contribution >= 0.6 is 11.3 Å². The van der Waals surface area contributed by atoms with Crippen molar-refractivity contribution >= 4 is 44.8 Å². The molecule has 1 fully saturated rings. The summed E-state index contributed by atoms with van der Waals surface area (Å²) in [6, 6.07) is 15.4. The van der Waals surface area contributed by atoms with E-state index in [1.807, 2.05) is 69.3 Å². The molecule has 0 unspecified atom stereocenters. The number of amides is 2. The highest BCUT2D eigenvalue weighted by molar-refractivity contribution is 7.22. The van der Waals surface area contributed by atoms with Crippen LogP contribution < -0.4 is 5.32 Å². The summed E-state index contributed by atoms with van der Waals surface area (Å²) in [5.74, 6) is -0.172. The number of carbonyl (C=O) groups is 2. The number of hydrogen-bond acceptors (Lipinski definition) is 5. The first kappa shape index (κ1) is 22.0. The minimum absolute atomic E-state index is 0.172. The van der Waals surface area contributed by atoms with Crippen LogP contribution in [0.1, 0.15) is 49.5 Å². The van der Waals surface area contributed by atoms with Crippen LogP contribution in [0.15, 0.2) is 54.1 Å². The number of para-hydroxylation sites is 1. The van der Waals surface area contributed by atoms with Gasteiger partial charge in [0.05, 0.1) is 10.2 Å². The number of thiazole rings is 1. The lowest BCUT2D eigenvalue weighted by molar-refractivity contribution is 0.0237. The van der Waals surface area contributed by atoms with E-state index in [4.69, 9.17) is 4.74 Å². The van der Waals surface area contributed by atoms with Crippen molar-refractivity contribution in [2.45, 2.75) is 39.2 Å². The van der Waals surface area contributed by atoms with E-state index < -0.39 is 5.60 Å². The molecule has 2 aromatic carbocycles. The third-order valence-corrected chi connectivity index (χ3v) is 6.07. The number of benzene rings is 2. The van der Waals surface area contributed by atoms with Crippen molar-refractivity contribution in [2.75, 3.05) is 18.4 Å². The van der Waals surface area contributed by atoms with E-state index >= 15 is 0 Å². The Bertz CT molecular complexity index is 1120. The molecule has 166 valence electrons. The first-order valence-electron chi connectivity index (χ1n) is 10.7. The van der Waals surface area contributed by atoms with Crippen LogP contribution in [0.2, 0.25) is 0 Å². The second-order valence-corrected chi connectivity index (χ2v) is 9.86. The van der Waals surface area contributed by atoms with Gasteiger partial charge in [0.2, 0.25) is 0 Å². The van der Waals surface area contributed by atoms with E-state index in [1.165, 1.54) is 16.9 Å². The summed E-state index contributed by atoms with van der Waals surface area (Å²) in [6.45, 7) is 6.95. The summed E-state index contributed by atoms with van der Waals surface area (Å²) in [5, 5.41) is 3.48. The van der Waals surface area contributed by atoms with Crippen LogP contribution in [-0.2, 0) is 4.74 Å². The van der Waals surface area contributed by atoms with Gasteiger partial charge >= 0.3 is 6.09 Å². The predicted molar refractivity (Wildman–Crippen MR) is 129 cm³/mol. The van der Waals surface area contributed by atoms with Crippen LogP contribution in [0.4, 0.5) is 9.93 Å². The van der Waals surface area contributed by atoms with Gasteiger partial charge in [-0.3, -0.25) is 10.1 Å². The summed E-state index contributed by atoms with van der Waals surface area (Å²) >= 11 is 1.46. The zero-order valence-corrected chi connectivity index (χ0v) is 19.4. The van der Waals surface area contributed by atoms with Gasteiger partial charge in [0.15, 0.2) is 5.13 Å². The van der Waals surface area contributed by atoms with E-state index in [-0.39, 0.29) is 12.0 Å². The van der Waals surface area contributed by atoms with Gasteiger partial charge in [-0.1, -0.05) is 47.3 Å². The van der Waals surface area contributed by atoms with Gasteiger partial charge in [-0.2, -0.15) is 0 Å². The minimum atomic E-state index is -0.478. The lowest BCUT2D eigenvalue weighted by atomic mass is 10.0. The maximum Gasteiger partial charge on any atom is 0.410 e. The lowest BCUT2D eigenvalue weighted by Crippen LogP contribution is -2.40. The van der Waals surface area contributed by atoms with Crippen molar-refractivity contribution in [1.29, 1.82) is 0 Å². The second kappa shape index (κ2) is 9.12. The van der Waals surface area contributed by atoms with Crippen molar-refractivity contribution in [3.63, 3.8) is 0 Å². The Morgan fingerprint density at radius 3 is 2.41 bits per heavy atom. The van der Waals surface area contributed by atoms with Crippen molar-refractivity contribution < 1.29 is 14.3 Å². The summed E-state index contributed by atoms with van der Waals surface area (Å²) in [7, 11) is 0. The van der Waals surface area contributed by atoms with Crippen molar-refractivity contribution in [3.05, 3.63) is 65.2 Å². The van der Waals surface area contributed by atoms with E-state index in [9.17, 15) is 9.59 Å². The average Bonchev–Trinajstić information content (AvgIpc) is 3.16. The Labute approximate surface area is 191 Å². The number of aromatic nitrogens is 1. The highest BCUT2D eigenvalue weighted by atomic mass is 32.1. The number of piperidine rings is 1. The number of nitrogens with one attached hydrogen (secondary N) is 1. The van der Waals surface area contributed by atoms with Crippen LogP contribution in [0.3, 0.4) is 0 Å².